The molecule has 2 aromatic rings. The lowest BCUT2D eigenvalue weighted by Gasteiger charge is -2.24. The predicted octanol–water partition coefficient (Wildman–Crippen LogP) is 5.64. The van der Waals surface area contributed by atoms with Crippen molar-refractivity contribution in [2.45, 2.75) is 26.1 Å². The van der Waals surface area contributed by atoms with Gasteiger partial charge in [0, 0.05) is 18.8 Å². The maximum Gasteiger partial charge on any atom is 0.0835 e. The summed E-state index contributed by atoms with van der Waals surface area (Å²) in [6.07, 6.45) is 0. The van der Waals surface area contributed by atoms with Crippen molar-refractivity contribution in [3.8, 4) is 0 Å². The van der Waals surface area contributed by atoms with Crippen LogP contribution in [0.15, 0.2) is 55.1 Å². The summed E-state index contributed by atoms with van der Waals surface area (Å²) in [6.45, 7) is 12.5. The molecule has 1 nitrogen and oxygen atoms in total. The number of hydrogen-bond donors (Lipinski definition) is 0. The molecule has 22 heavy (non-hydrogen) atoms. The molecule has 0 aliphatic heterocycles. The zero-order valence-electron chi connectivity index (χ0n) is 13.6. The Hall–Kier alpha value is -1.73. The molecule has 0 saturated heterocycles. The lowest BCUT2D eigenvalue weighted by Crippen LogP contribution is -2.20. The van der Waals surface area contributed by atoms with E-state index in [-0.39, 0.29) is 5.38 Å². The van der Waals surface area contributed by atoms with Gasteiger partial charge in [0.2, 0.25) is 0 Å². The molecule has 0 radical (unpaired) electrons. The molecule has 2 rings (SSSR count). The Bertz CT molecular complexity index is 626. The molecular formula is C20H24ClN. The fourth-order valence-corrected chi connectivity index (χ4v) is 2.93. The van der Waals surface area contributed by atoms with Crippen LogP contribution < -0.4 is 0 Å². The Kier molecular flexibility index (Phi) is 5.68. The van der Waals surface area contributed by atoms with Crippen LogP contribution >= 0.6 is 11.6 Å². The molecule has 1 unspecified atom stereocenters. The highest BCUT2D eigenvalue weighted by Gasteiger charge is 2.12. The van der Waals surface area contributed by atoms with Crippen molar-refractivity contribution in [3.05, 3.63) is 77.4 Å². The SMILES string of the molecule is C=C(c1ccc(C(Cl)c2cccc(C)c2)cc1)N(CC)CC. The van der Waals surface area contributed by atoms with Crippen molar-refractivity contribution in [1.82, 2.24) is 4.90 Å². The zero-order chi connectivity index (χ0) is 16.1. The normalized spacial score (nSPS) is 12.0. The topological polar surface area (TPSA) is 3.24 Å². The van der Waals surface area contributed by atoms with Crippen LogP contribution in [0.3, 0.4) is 0 Å². The summed E-state index contributed by atoms with van der Waals surface area (Å²) < 4.78 is 0. The van der Waals surface area contributed by atoms with Crippen LogP contribution in [0, 0.1) is 6.92 Å². The van der Waals surface area contributed by atoms with Gasteiger partial charge in [0.1, 0.15) is 0 Å². The number of halogens is 1. The van der Waals surface area contributed by atoms with Gasteiger partial charge in [-0.1, -0.05) is 60.7 Å². The predicted molar refractivity (Wildman–Crippen MR) is 97.3 cm³/mol. The summed E-state index contributed by atoms with van der Waals surface area (Å²) >= 11 is 6.62. The second-order valence-electron chi connectivity index (χ2n) is 5.52. The van der Waals surface area contributed by atoms with Crippen molar-refractivity contribution < 1.29 is 0 Å². The van der Waals surface area contributed by atoms with Gasteiger partial charge in [-0.05, 0) is 37.5 Å². The van der Waals surface area contributed by atoms with Crippen molar-refractivity contribution in [1.29, 1.82) is 0 Å². The van der Waals surface area contributed by atoms with Gasteiger partial charge in [0.15, 0.2) is 0 Å². The Labute approximate surface area is 139 Å². The first-order valence-corrected chi connectivity index (χ1v) is 8.25. The van der Waals surface area contributed by atoms with E-state index in [1.54, 1.807) is 0 Å². The molecule has 1 atom stereocenters. The molecule has 0 aliphatic carbocycles. The van der Waals surface area contributed by atoms with E-state index in [9.17, 15) is 0 Å². The average Bonchev–Trinajstić information content (AvgIpc) is 2.55. The fourth-order valence-electron chi connectivity index (χ4n) is 2.65. The van der Waals surface area contributed by atoms with Gasteiger partial charge in [-0.3, -0.25) is 0 Å². The maximum absolute atomic E-state index is 6.62. The number of hydrogen-bond acceptors (Lipinski definition) is 1. The van der Waals surface area contributed by atoms with Crippen molar-refractivity contribution in [3.63, 3.8) is 0 Å². The number of nitrogens with zero attached hydrogens (tertiary/aromatic N) is 1. The number of benzene rings is 2. The molecule has 116 valence electrons. The van der Waals surface area contributed by atoms with E-state index in [2.05, 4.69) is 80.8 Å². The lowest BCUT2D eigenvalue weighted by atomic mass is 10.0. The third kappa shape index (κ3) is 3.72. The highest BCUT2D eigenvalue weighted by molar-refractivity contribution is 6.22. The van der Waals surface area contributed by atoms with Crippen LogP contribution in [0.1, 0.15) is 41.5 Å². The molecule has 0 aromatic heterocycles. The van der Waals surface area contributed by atoms with Crippen molar-refractivity contribution in [2.75, 3.05) is 13.1 Å². The van der Waals surface area contributed by atoms with Gasteiger partial charge < -0.3 is 4.90 Å². The van der Waals surface area contributed by atoms with E-state index in [4.69, 9.17) is 11.6 Å². The molecule has 0 N–H and O–H groups in total. The molecule has 0 bridgehead atoms. The largest absolute Gasteiger partial charge is 0.372 e. The van der Waals surface area contributed by atoms with Gasteiger partial charge in [-0.25, -0.2) is 0 Å². The van der Waals surface area contributed by atoms with Gasteiger partial charge in [-0.2, -0.15) is 0 Å². The zero-order valence-corrected chi connectivity index (χ0v) is 14.4. The van der Waals surface area contributed by atoms with Crippen molar-refractivity contribution >= 4 is 17.3 Å². The van der Waals surface area contributed by atoms with Crippen LogP contribution in [-0.2, 0) is 0 Å². The Morgan fingerprint density at radius 2 is 1.68 bits per heavy atom. The van der Waals surface area contributed by atoms with E-state index in [0.29, 0.717) is 0 Å². The highest BCUT2D eigenvalue weighted by Crippen LogP contribution is 2.30. The second kappa shape index (κ2) is 7.51. The van der Waals surface area contributed by atoms with Crippen LogP contribution in [0.5, 0.6) is 0 Å². The Balaban J connectivity index is 2.20. The third-order valence-corrected chi connectivity index (χ3v) is 4.52. The summed E-state index contributed by atoms with van der Waals surface area (Å²) in [5.41, 5.74) is 5.70. The van der Waals surface area contributed by atoms with E-state index in [0.717, 1.165) is 35.5 Å². The third-order valence-electron chi connectivity index (χ3n) is 4.02. The minimum absolute atomic E-state index is 0.115. The number of alkyl halides is 1. The Morgan fingerprint density at radius 1 is 1.05 bits per heavy atom. The molecule has 0 saturated carbocycles. The van der Waals surface area contributed by atoms with Gasteiger partial charge in [0.25, 0.3) is 0 Å². The van der Waals surface area contributed by atoms with Gasteiger partial charge >= 0.3 is 0 Å². The summed E-state index contributed by atoms with van der Waals surface area (Å²) in [5, 5.41) is -0.115. The van der Waals surface area contributed by atoms with Crippen LogP contribution in [0.4, 0.5) is 0 Å². The molecular weight excluding hydrogens is 290 g/mol. The molecule has 0 fully saturated rings. The van der Waals surface area contributed by atoms with Crippen LogP contribution in [0.25, 0.3) is 5.70 Å². The monoisotopic (exact) mass is 313 g/mol. The van der Waals surface area contributed by atoms with Crippen LogP contribution in [0.2, 0.25) is 0 Å². The van der Waals surface area contributed by atoms with Crippen molar-refractivity contribution in [2.24, 2.45) is 0 Å². The van der Waals surface area contributed by atoms with Gasteiger partial charge in [0.05, 0.1) is 5.38 Å². The summed E-state index contributed by atoms with van der Waals surface area (Å²) in [5.74, 6) is 0. The maximum atomic E-state index is 6.62. The van der Waals surface area contributed by atoms with Crippen LogP contribution in [-0.4, -0.2) is 18.0 Å². The quantitative estimate of drug-likeness (QED) is 0.624. The minimum atomic E-state index is -0.115. The smallest absolute Gasteiger partial charge is 0.0835 e. The standard InChI is InChI=1S/C20H24ClN/c1-5-22(6-2)16(4)17-10-12-18(13-11-17)20(21)19-9-7-8-15(3)14-19/h7-14,20H,4-6H2,1-3H3. The highest BCUT2D eigenvalue weighted by atomic mass is 35.5. The molecule has 0 spiro atoms. The number of rotatable bonds is 6. The number of aryl methyl sites for hydroxylation is 1. The molecule has 2 heteroatoms. The molecule has 2 aromatic carbocycles. The average molecular weight is 314 g/mol. The summed E-state index contributed by atoms with van der Waals surface area (Å²) in [6, 6.07) is 16.8. The first-order valence-electron chi connectivity index (χ1n) is 7.81. The molecule has 0 heterocycles. The first-order chi connectivity index (χ1) is 10.6. The molecule has 0 aliphatic rings. The summed E-state index contributed by atoms with van der Waals surface area (Å²) in [4.78, 5) is 2.26. The first kappa shape index (κ1) is 16.6. The van der Waals surface area contributed by atoms with E-state index in [1.807, 2.05) is 0 Å². The van der Waals surface area contributed by atoms with E-state index in [1.165, 1.54) is 5.56 Å². The van der Waals surface area contributed by atoms with E-state index < -0.39 is 0 Å². The fraction of sp³-hybridized carbons (Fsp3) is 0.300. The second-order valence-corrected chi connectivity index (χ2v) is 5.95. The minimum Gasteiger partial charge on any atom is -0.372 e. The summed E-state index contributed by atoms with van der Waals surface area (Å²) in [7, 11) is 0. The Morgan fingerprint density at radius 3 is 2.23 bits per heavy atom. The van der Waals surface area contributed by atoms with E-state index >= 15 is 0 Å². The van der Waals surface area contributed by atoms with Gasteiger partial charge in [-0.15, -0.1) is 11.6 Å². The lowest BCUT2D eigenvalue weighted by molar-refractivity contribution is 0.443. The molecule has 0 amide bonds.